The molecule has 1 unspecified atom stereocenters. The molecule has 1 aliphatic rings. The molecule has 0 amide bonds. The molecule has 0 saturated carbocycles. The minimum Gasteiger partial charge on any atom is -0.381 e. The smallest absolute Gasteiger partial charge is 0.214 e. The average Bonchev–Trinajstić information content (AvgIpc) is 2.27. The first-order valence-corrected chi connectivity index (χ1v) is 6.93. The quantitative estimate of drug-likeness (QED) is 0.694. The van der Waals surface area contributed by atoms with Crippen molar-refractivity contribution >= 4 is 10.0 Å². The Morgan fingerprint density at radius 1 is 1.47 bits per heavy atom. The maximum Gasteiger partial charge on any atom is 0.214 e. The van der Waals surface area contributed by atoms with E-state index < -0.39 is 10.0 Å². The normalized spacial score (nSPS) is 21.5. The van der Waals surface area contributed by atoms with Gasteiger partial charge in [0.15, 0.2) is 0 Å². The summed E-state index contributed by atoms with van der Waals surface area (Å²) in [6.07, 6.45) is 1.88. The molecule has 1 fully saturated rings. The van der Waals surface area contributed by atoms with E-state index in [9.17, 15) is 8.42 Å². The Balaban J connectivity index is 2.56. The van der Waals surface area contributed by atoms with Crippen molar-refractivity contribution in [2.75, 3.05) is 19.8 Å². The van der Waals surface area contributed by atoms with E-state index in [1.54, 1.807) is 0 Å². The second-order valence-electron chi connectivity index (χ2n) is 3.82. The second-order valence-corrected chi connectivity index (χ2v) is 5.81. The highest BCUT2D eigenvalue weighted by atomic mass is 32.2. The predicted molar refractivity (Wildman–Crippen MR) is 59.0 cm³/mol. The highest BCUT2D eigenvalue weighted by Gasteiger charge is 2.28. The van der Waals surface area contributed by atoms with Crippen molar-refractivity contribution in [2.24, 2.45) is 5.73 Å². The first-order valence-electron chi connectivity index (χ1n) is 5.39. The Morgan fingerprint density at radius 3 is 2.53 bits per heavy atom. The van der Waals surface area contributed by atoms with Gasteiger partial charge in [-0.1, -0.05) is 6.92 Å². The van der Waals surface area contributed by atoms with Crippen molar-refractivity contribution in [2.45, 2.75) is 37.5 Å². The van der Waals surface area contributed by atoms with E-state index in [1.807, 2.05) is 6.92 Å². The number of nitrogens with two attached hydrogens (primary N) is 1. The Bertz CT molecular complexity index is 269. The zero-order valence-corrected chi connectivity index (χ0v) is 9.92. The van der Waals surface area contributed by atoms with Gasteiger partial charge in [-0.25, -0.2) is 13.1 Å². The highest BCUT2D eigenvalue weighted by Crippen LogP contribution is 2.15. The molecular formula is C9H20N2O3S. The van der Waals surface area contributed by atoms with Gasteiger partial charge in [0.25, 0.3) is 0 Å². The molecule has 0 radical (unpaired) electrons. The molecule has 0 aromatic carbocycles. The van der Waals surface area contributed by atoms with Crippen LogP contribution in [0.1, 0.15) is 26.2 Å². The fourth-order valence-electron chi connectivity index (χ4n) is 1.61. The number of hydrogen-bond acceptors (Lipinski definition) is 4. The summed E-state index contributed by atoms with van der Waals surface area (Å²) < 4.78 is 31.6. The Labute approximate surface area is 91.4 Å². The molecule has 0 bridgehead atoms. The molecule has 0 spiro atoms. The lowest BCUT2D eigenvalue weighted by atomic mass is 10.2. The molecule has 0 aromatic rings. The van der Waals surface area contributed by atoms with E-state index in [0.717, 1.165) is 6.42 Å². The third-order valence-electron chi connectivity index (χ3n) is 2.72. The van der Waals surface area contributed by atoms with Crippen LogP contribution in [0.15, 0.2) is 0 Å². The van der Waals surface area contributed by atoms with Gasteiger partial charge in [0.05, 0.1) is 5.25 Å². The van der Waals surface area contributed by atoms with Crippen molar-refractivity contribution in [3.63, 3.8) is 0 Å². The summed E-state index contributed by atoms with van der Waals surface area (Å²) >= 11 is 0. The summed E-state index contributed by atoms with van der Waals surface area (Å²) in [5.41, 5.74) is 5.47. The Kier molecular flexibility index (Phi) is 4.98. The van der Waals surface area contributed by atoms with Gasteiger partial charge >= 0.3 is 0 Å². The van der Waals surface area contributed by atoms with Crippen molar-refractivity contribution < 1.29 is 13.2 Å². The lowest BCUT2D eigenvalue weighted by Crippen LogP contribution is -2.45. The van der Waals surface area contributed by atoms with E-state index >= 15 is 0 Å². The molecule has 90 valence electrons. The monoisotopic (exact) mass is 236 g/mol. The van der Waals surface area contributed by atoms with Crippen molar-refractivity contribution in [3.8, 4) is 0 Å². The molecule has 1 rings (SSSR count). The van der Waals surface area contributed by atoms with Gasteiger partial charge in [-0.3, -0.25) is 0 Å². The summed E-state index contributed by atoms with van der Waals surface area (Å²) in [6, 6.07) is -0.141. The summed E-state index contributed by atoms with van der Waals surface area (Å²) in [5, 5.41) is -0.313. The van der Waals surface area contributed by atoms with Gasteiger partial charge in [-0.05, 0) is 19.3 Å². The van der Waals surface area contributed by atoms with Crippen LogP contribution in [0.3, 0.4) is 0 Å². The fraction of sp³-hybridized carbons (Fsp3) is 1.00. The molecule has 1 atom stereocenters. The first kappa shape index (κ1) is 12.9. The summed E-state index contributed by atoms with van der Waals surface area (Å²) in [7, 11) is -3.22. The fourth-order valence-corrected chi connectivity index (χ4v) is 3.35. The molecule has 15 heavy (non-hydrogen) atoms. The zero-order chi connectivity index (χ0) is 11.3. The number of sulfonamides is 1. The Hall–Kier alpha value is -0.170. The summed E-state index contributed by atoms with van der Waals surface area (Å²) in [6.45, 7) is 3.33. The van der Waals surface area contributed by atoms with Crippen LogP contribution in [0.5, 0.6) is 0 Å². The van der Waals surface area contributed by atoms with E-state index in [4.69, 9.17) is 10.5 Å². The standard InChI is InChI=1S/C9H20N2O3S/c1-2-8(7-10)11-15(12,13)9-3-5-14-6-4-9/h8-9,11H,2-7,10H2,1H3. The molecule has 0 aliphatic carbocycles. The topological polar surface area (TPSA) is 81.4 Å². The molecule has 1 aliphatic heterocycles. The third kappa shape index (κ3) is 3.71. The lowest BCUT2D eigenvalue weighted by Gasteiger charge is -2.24. The van der Waals surface area contributed by atoms with E-state index in [2.05, 4.69) is 4.72 Å². The number of rotatable bonds is 5. The van der Waals surface area contributed by atoms with Crippen LogP contribution in [-0.4, -0.2) is 39.5 Å². The van der Waals surface area contributed by atoms with Gasteiger partial charge < -0.3 is 10.5 Å². The average molecular weight is 236 g/mol. The van der Waals surface area contributed by atoms with Crippen LogP contribution in [0.4, 0.5) is 0 Å². The van der Waals surface area contributed by atoms with Gasteiger partial charge in [0.2, 0.25) is 10.0 Å². The Morgan fingerprint density at radius 2 is 2.07 bits per heavy atom. The molecular weight excluding hydrogens is 216 g/mol. The largest absolute Gasteiger partial charge is 0.381 e. The van der Waals surface area contributed by atoms with Crippen molar-refractivity contribution in [1.82, 2.24) is 4.72 Å². The molecule has 1 heterocycles. The maximum atomic E-state index is 11.9. The van der Waals surface area contributed by atoms with E-state index in [-0.39, 0.29) is 11.3 Å². The van der Waals surface area contributed by atoms with Crippen LogP contribution in [0.25, 0.3) is 0 Å². The SMILES string of the molecule is CCC(CN)NS(=O)(=O)C1CCOCC1. The lowest BCUT2D eigenvalue weighted by molar-refractivity contribution is 0.0981. The second kappa shape index (κ2) is 5.79. The van der Waals surface area contributed by atoms with Crippen LogP contribution >= 0.6 is 0 Å². The molecule has 0 aromatic heterocycles. The summed E-state index contributed by atoms with van der Waals surface area (Å²) in [5.74, 6) is 0. The van der Waals surface area contributed by atoms with Crippen LogP contribution in [0.2, 0.25) is 0 Å². The summed E-state index contributed by atoms with van der Waals surface area (Å²) in [4.78, 5) is 0. The minimum atomic E-state index is -3.22. The number of hydrogen-bond donors (Lipinski definition) is 2. The van der Waals surface area contributed by atoms with Gasteiger partial charge in [0.1, 0.15) is 0 Å². The van der Waals surface area contributed by atoms with Crippen LogP contribution in [-0.2, 0) is 14.8 Å². The van der Waals surface area contributed by atoms with Crippen LogP contribution < -0.4 is 10.5 Å². The number of ether oxygens (including phenoxy) is 1. The van der Waals surface area contributed by atoms with E-state index in [0.29, 0.717) is 32.6 Å². The maximum absolute atomic E-state index is 11.9. The molecule has 1 saturated heterocycles. The third-order valence-corrected chi connectivity index (χ3v) is 4.73. The molecule has 5 nitrogen and oxygen atoms in total. The minimum absolute atomic E-state index is 0.141. The van der Waals surface area contributed by atoms with Crippen LogP contribution in [0, 0.1) is 0 Å². The first-order chi connectivity index (χ1) is 7.10. The van der Waals surface area contributed by atoms with Gasteiger partial charge in [0, 0.05) is 25.8 Å². The van der Waals surface area contributed by atoms with Gasteiger partial charge in [-0.2, -0.15) is 0 Å². The predicted octanol–water partition coefficient (Wildman–Crippen LogP) is -0.178. The highest BCUT2D eigenvalue weighted by molar-refractivity contribution is 7.90. The van der Waals surface area contributed by atoms with Gasteiger partial charge in [-0.15, -0.1) is 0 Å². The van der Waals surface area contributed by atoms with Crippen molar-refractivity contribution in [3.05, 3.63) is 0 Å². The molecule has 6 heteroatoms. The number of nitrogens with one attached hydrogen (secondary N) is 1. The zero-order valence-electron chi connectivity index (χ0n) is 9.11. The van der Waals surface area contributed by atoms with Crippen molar-refractivity contribution in [1.29, 1.82) is 0 Å². The van der Waals surface area contributed by atoms with E-state index in [1.165, 1.54) is 0 Å². The molecule has 3 N–H and O–H groups in total.